The van der Waals surface area contributed by atoms with Crippen LogP contribution in [0.1, 0.15) is 12.5 Å². The standard InChI is InChI=1S/C25H22F2N4O2S/c1-15-8-11-18(12-9-15)31-23(19-6-4-5-7-22(19)33-3)29-30-25(31)34-16(2)24(32)28-17-10-13-20(26)21(27)14-17/h4-14,16H,1-3H3,(H,28,32). The normalized spacial score (nSPS) is 11.8. The van der Waals surface area contributed by atoms with Crippen molar-refractivity contribution in [1.82, 2.24) is 14.8 Å². The quantitative estimate of drug-likeness (QED) is 0.346. The molecule has 0 saturated heterocycles. The van der Waals surface area contributed by atoms with Gasteiger partial charge in [-0.25, -0.2) is 8.78 Å². The lowest BCUT2D eigenvalue weighted by molar-refractivity contribution is -0.115. The molecule has 6 nitrogen and oxygen atoms in total. The number of carbonyl (C=O) groups excluding carboxylic acids is 1. The zero-order chi connectivity index (χ0) is 24.2. The molecule has 0 aliphatic rings. The van der Waals surface area contributed by atoms with Gasteiger partial charge >= 0.3 is 0 Å². The summed E-state index contributed by atoms with van der Waals surface area (Å²) >= 11 is 1.20. The Labute approximate surface area is 200 Å². The average Bonchev–Trinajstić information content (AvgIpc) is 3.25. The summed E-state index contributed by atoms with van der Waals surface area (Å²) in [5.74, 6) is -1.18. The Hall–Kier alpha value is -3.72. The number of benzene rings is 3. The summed E-state index contributed by atoms with van der Waals surface area (Å²) in [5.41, 5.74) is 2.85. The van der Waals surface area contributed by atoms with Crippen molar-refractivity contribution in [3.63, 3.8) is 0 Å². The van der Waals surface area contributed by atoms with Crippen LogP contribution in [0.5, 0.6) is 5.75 Å². The maximum atomic E-state index is 13.5. The molecule has 174 valence electrons. The number of thioether (sulfide) groups is 1. The molecule has 1 unspecified atom stereocenters. The van der Waals surface area contributed by atoms with Crippen molar-refractivity contribution in [1.29, 1.82) is 0 Å². The van der Waals surface area contributed by atoms with E-state index in [2.05, 4.69) is 15.5 Å². The van der Waals surface area contributed by atoms with E-state index >= 15 is 0 Å². The van der Waals surface area contributed by atoms with Crippen LogP contribution in [0, 0.1) is 18.6 Å². The lowest BCUT2D eigenvalue weighted by Crippen LogP contribution is -2.23. The van der Waals surface area contributed by atoms with Crippen molar-refractivity contribution < 1.29 is 18.3 Å². The van der Waals surface area contributed by atoms with Crippen LogP contribution in [0.25, 0.3) is 17.1 Å². The molecule has 34 heavy (non-hydrogen) atoms. The van der Waals surface area contributed by atoms with Crippen molar-refractivity contribution in [3.8, 4) is 22.8 Å². The van der Waals surface area contributed by atoms with E-state index in [4.69, 9.17) is 4.74 Å². The topological polar surface area (TPSA) is 69.0 Å². The molecule has 0 saturated carbocycles. The van der Waals surface area contributed by atoms with Crippen LogP contribution in [0.15, 0.2) is 71.9 Å². The van der Waals surface area contributed by atoms with E-state index in [1.54, 1.807) is 14.0 Å². The Kier molecular flexibility index (Phi) is 6.93. The number of anilines is 1. The molecule has 1 atom stereocenters. The summed E-state index contributed by atoms with van der Waals surface area (Å²) in [4.78, 5) is 12.8. The number of halogens is 2. The van der Waals surface area contributed by atoms with Gasteiger partial charge in [-0.3, -0.25) is 9.36 Å². The van der Waals surface area contributed by atoms with Crippen LogP contribution in [-0.4, -0.2) is 33.0 Å². The van der Waals surface area contributed by atoms with Crippen molar-refractivity contribution in [2.75, 3.05) is 12.4 Å². The first-order valence-electron chi connectivity index (χ1n) is 10.5. The number of ether oxygens (including phenoxy) is 1. The van der Waals surface area contributed by atoms with Gasteiger partial charge < -0.3 is 10.1 Å². The van der Waals surface area contributed by atoms with Crippen LogP contribution in [-0.2, 0) is 4.79 Å². The summed E-state index contributed by atoms with van der Waals surface area (Å²) in [5, 5.41) is 11.3. The summed E-state index contributed by atoms with van der Waals surface area (Å²) in [6.07, 6.45) is 0. The summed E-state index contributed by atoms with van der Waals surface area (Å²) in [6, 6.07) is 18.6. The van der Waals surface area contributed by atoms with Gasteiger partial charge in [0, 0.05) is 17.4 Å². The van der Waals surface area contributed by atoms with E-state index in [0.29, 0.717) is 16.7 Å². The van der Waals surface area contributed by atoms with Crippen molar-refractivity contribution in [3.05, 3.63) is 83.9 Å². The Morgan fingerprint density at radius 2 is 1.76 bits per heavy atom. The molecule has 9 heteroatoms. The van der Waals surface area contributed by atoms with E-state index in [1.807, 2.05) is 60.0 Å². The minimum Gasteiger partial charge on any atom is -0.496 e. The third-order valence-electron chi connectivity index (χ3n) is 5.11. The zero-order valence-electron chi connectivity index (χ0n) is 18.8. The molecule has 0 bridgehead atoms. The van der Waals surface area contributed by atoms with Crippen LogP contribution >= 0.6 is 11.8 Å². The predicted molar refractivity (Wildman–Crippen MR) is 128 cm³/mol. The first kappa shape index (κ1) is 23.4. The predicted octanol–water partition coefficient (Wildman–Crippen LogP) is 5.65. The van der Waals surface area contributed by atoms with Crippen LogP contribution < -0.4 is 10.1 Å². The lowest BCUT2D eigenvalue weighted by atomic mass is 10.1. The number of aromatic nitrogens is 3. The van der Waals surface area contributed by atoms with Crippen LogP contribution in [0.3, 0.4) is 0 Å². The van der Waals surface area contributed by atoms with E-state index in [-0.39, 0.29) is 11.6 Å². The second-order valence-electron chi connectivity index (χ2n) is 7.56. The molecule has 1 heterocycles. The van der Waals surface area contributed by atoms with Gasteiger partial charge in [0.1, 0.15) is 5.75 Å². The number of nitrogens with zero attached hydrogens (tertiary/aromatic N) is 3. The third-order valence-corrected chi connectivity index (χ3v) is 6.15. The number of aryl methyl sites for hydroxylation is 1. The van der Waals surface area contributed by atoms with Gasteiger partial charge in [-0.2, -0.15) is 0 Å². The summed E-state index contributed by atoms with van der Waals surface area (Å²) in [6.45, 7) is 3.70. The molecular formula is C25H22F2N4O2S. The Morgan fingerprint density at radius 1 is 1.03 bits per heavy atom. The van der Waals surface area contributed by atoms with Gasteiger partial charge in [-0.05, 0) is 50.2 Å². The second kappa shape index (κ2) is 10.0. The summed E-state index contributed by atoms with van der Waals surface area (Å²) < 4.78 is 34.1. The molecule has 0 aliphatic carbocycles. The van der Waals surface area contributed by atoms with E-state index in [1.165, 1.54) is 17.8 Å². The largest absolute Gasteiger partial charge is 0.496 e. The van der Waals surface area contributed by atoms with E-state index in [0.717, 1.165) is 28.9 Å². The third kappa shape index (κ3) is 4.94. The molecule has 0 fully saturated rings. The number of rotatable bonds is 7. The minimum atomic E-state index is -1.03. The smallest absolute Gasteiger partial charge is 0.237 e. The number of carbonyl (C=O) groups is 1. The van der Waals surface area contributed by atoms with Gasteiger partial charge in [0.05, 0.1) is 17.9 Å². The number of methoxy groups -OCH3 is 1. The highest BCUT2D eigenvalue weighted by Crippen LogP contribution is 2.34. The molecule has 0 spiro atoms. The average molecular weight is 481 g/mol. The Bertz CT molecular complexity index is 1330. The van der Waals surface area contributed by atoms with E-state index in [9.17, 15) is 13.6 Å². The molecule has 0 aliphatic heterocycles. The molecule has 0 radical (unpaired) electrons. The second-order valence-corrected chi connectivity index (χ2v) is 8.86. The van der Waals surface area contributed by atoms with Crippen molar-refractivity contribution in [2.24, 2.45) is 0 Å². The van der Waals surface area contributed by atoms with Gasteiger partial charge in [0.15, 0.2) is 22.6 Å². The number of hydrogen-bond donors (Lipinski definition) is 1. The molecule has 4 rings (SSSR count). The maximum absolute atomic E-state index is 13.5. The number of amides is 1. The van der Waals surface area contributed by atoms with Gasteiger partial charge in [0.25, 0.3) is 0 Å². The first-order valence-corrected chi connectivity index (χ1v) is 11.3. The van der Waals surface area contributed by atoms with Gasteiger partial charge in [-0.1, -0.05) is 41.6 Å². The van der Waals surface area contributed by atoms with Crippen LogP contribution in [0.4, 0.5) is 14.5 Å². The highest BCUT2D eigenvalue weighted by Gasteiger charge is 2.23. The molecular weight excluding hydrogens is 458 g/mol. The molecule has 1 N–H and O–H groups in total. The highest BCUT2D eigenvalue weighted by molar-refractivity contribution is 8.00. The van der Waals surface area contributed by atoms with E-state index < -0.39 is 16.9 Å². The monoisotopic (exact) mass is 480 g/mol. The summed E-state index contributed by atoms with van der Waals surface area (Å²) in [7, 11) is 1.59. The Morgan fingerprint density at radius 3 is 2.47 bits per heavy atom. The molecule has 1 amide bonds. The minimum absolute atomic E-state index is 0.172. The molecule has 4 aromatic rings. The SMILES string of the molecule is COc1ccccc1-c1nnc(SC(C)C(=O)Nc2ccc(F)c(F)c2)n1-c1ccc(C)cc1. The fourth-order valence-electron chi connectivity index (χ4n) is 3.31. The molecule has 1 aromatic heterocycles. The maximum Gasteiger partial charge on any atom is 0.237 e. The number of para-hydroxylation sites is 1. The fourth-order valence-corrected chi connectivity index (χ4v) is 4.17. The highest BCUT2D eigenvalue weighted by atomic mass is 32.2. The lowest BCUT2D eigenvalue weighted by Gasteiger charge is -2.15. The molecule has 3 aromatic carbocycles. The number of hydrogen-bond acceptors (Lipinski definition) is 5. The number of nitrogens with one attached hydrogen (secondary N) is 1. The van der Waals surface area contributed by atoms with Crippen molar-refractivity contribution in [2.45, 2.75) is 24.3 Å². The first-order chi connectivity index (χ1) is 16.4. The fraction of sp³-hybridized carbons (Fsp3) is 0.160. The van der Waals surface area contributed by atoms with Gasteiger partial charge in [-0.15, -0.1) is 10.2 Å². The van der Waals surface area contributed by atoms with Crippen molar-refractivity contribution >= 4 is 23.4 Å². The van der Waals surface area contributed by atoms with Gasteiger partial charge in [0.2, 0.25) is 5.91 Å². The Balaban J connectivity index is 1.67. The van der Waals surface area contributed by atoms with Crippen LogP contribution in [0.2, 0.25) is 0 Å². The zero-order valence-corrected chi connectivity index (χ0v) is 19.6.